The Labute approximate surface area is 75.6 Å². The molecular formula is C10H8FNO. The first kappa shape index (κ1) is 9.40. The first-order valence-corrected chi connectivity index (χ1v) is 3.79. The van der Waals surface area contributed by atoms with Crippen LogP contribution in [0.15, 0.2) is 24.3 Å². The number of ketones is 1. The number of alkyl halides is 1. The normalized spacial score (nSPS) is 11.8. The zero-order chi connectivity index (χ0) is 9.84. The lowest BCUT2D eigenvalue weighted by Gasteiger charge is -2.02. The topological polar surface area (TPSA) is 40.9 Å². The van der Waals surface area contributed by atoms with Gasteiger partial charge >= 0.3 is 0 Å². The molecule has 66 valence electrons. The highest BCUT2D eigenvalue weighted by Gasteiger charge is 2.18. The minimum absolute atomic E-state index is 0.233. The molecule has 1 aromatic carbocycles. The quantitative estimate of drug-likeness (QED) is 0.649. The van der Waals surface area contributed by atoms with Gasteiger partial charge in [0.2, 0.25) is 0 Å². The third-order valence-electron chi connectivity index (χ3n) is 1.71. The fourth-order valence-corrected chi connectivity index (χ4v) is 0.943. The summed E-state index contributed by atoms with van der Waals surface area (Å²) >= 11 is 0. The maximum absolute atomic E-state index is 13.1. The number of carbonyl (C=O) groups is 1. The van der Waals surface area contributed by atoms with Crippen LogP contribution in [0.1, 0.15) is 17.3 Å². The van der Waals surface area contributed by atoms with Gasteiger partial charge in [0.1, 0.15) is 6.07 Å². The highest BCUT2D eigenvalue weighted by Crippen LogP contribution is 2.18. The molecule has 0 aliphatic heterocycles. The Morgan fingerprint density at radius 2 is 2.00 bits per heavy atom. The van der Waals surface area contributed by atoms with Crippen LogP contribution in [0, 0.1) is 18.3 Å². The van der Waals surface area contributed by atoms with Crippen LogP contribution in [0.5, 0.6) is 0 Å². The van der Waals surface area contributed by atoms with Gasteiger partial charge in [-0.25, -0.2) is 4.39 Å². The van der Waals surface area contributed by atoms with Crippen molar-refractivity contribution in [3.63, 3.8) is 0 Å². The first-order valence-electron chi connectivity index (χ1n) is 3.79. The second-order valence-corrected chi connectivity index (χ2v) is 2.75. The Morgan fingerprint density at radius 1 is 1.46 bits per heavy atom. The highest BCUT2D eigenvalue weighted by molar-refractivity contribution is 5.97. The molecule has 0 aliphatic carbocycles. The molecule has 0 N–H and O–H groups in total. The molecule has 0 saturated heterocycles. The molecule has 13 heavy (non-hydrogen) atoms. The van der Waals surface area contributed by atoms with Gasteiger partial charge in [-0.15, -0.1) is 0 Å². The fraction of sp³-hybridized carbons (Fsp3) is 0.200. The third kappa shape index (κ3) is 2.12. The average molecular weight is 177 g/mol. The number of rotatable bonds is 2. The molecule has 0 saturated carbocycles. The van der Waals surface area contributed by atoms with Crippen LogP contribution in [-0.2, 0) is 4.79 Å². The van der Waals surface area contributed by atoms with Crippen molar-refractivity contribution in [1.82, 2.24) is 0 Å². The number of halogens is 1. The van der Waals surface area contributed by atoms with Crippen molar-refractivity contribution in [1.29, 1.82) is 5.26 Å². The van der Waals surface area contributed by atoms with Crippen LogP contribution in [0.4, 0.5) is 4.39 Å². The van der Waals surface area contributed by atoms with Crippen molar-refractivity contribution in [2.24, 2.45) is 0 Å². The summed E-state index contributed by atoms with van der Waals surface area (Å²) < 4.78 is 13.1. The zero-order valence-corrected chi connectivity index (χ0v) is 7.12. The lowest BCUT2D eigenvalue weighted by Crippen LogP contribution is -2.04. The van der Waals surface area contributed by atoms with E-state index in [2.05, 4.69) is 0 Å². The third-order valence-corrected chi connectivity index (χ3v) is 1.71. The van der Waals surface area contributed by atoms with E-state index in [-0.39, 0.29) is 5.56 Å². The second kappa shape index (κ2) is 3.81. The van der Waals surface area contributed by atoms with Gasteiger partial charge < -0.3 is 0 Å². The van der Waals surface area contributed by atoms with E-state index in [1.807, 2.05) is 6.92 Å². The highest BCUT2D eigenvalue weighted by atomic mass is 19.1. The number of benzene rings is 1. The van der Waals surface area contributed by atoms with Gasteiger partial charge in [-0.1, -0.05) is 29.8 Å². The molecule has 1 aromatic rings. The van der Waals surface area contributed by atoms with Crippen LogP contribution in [0.2, 0.25) is 0 Å². The molecule has 0 amide bonds. The zero-order valence-electron chi connectivity index (χ0n) is 7.12. The lowest BCUT2D eigenvalue weighted by atomic mass is 10.1. The molecule has 3 heteroatoms. The molecule has 1 atom stereocenters. The number of nitrogens with zero attached hydrogens (tertiary/aromatic N) is 1. The maximum atomic E-state index is 13.1. The first-order chi connectivity index (χ1) is 6.15. The minimum atomic E-state index is -1.81. The molecule has 1 unspecified atom stereocenters. The largest absolute Gasteiger partial charge is 0.279 e. The van der Waals surface area contributed by atoms with Gasteiger partial charge in [-0.05, 0) is 12.5 Å². The summed E-state index contributed by atoms with van der Waals surface area (Å²) in [6.45, 7) is 1.86. The maximum Gasteiger partial charge on any atom is 0.270 e. The van der Waals surface area contributed by atoms with Crippen LogP contribution in [0.25, 0.3) is 0 Å². The molecule has 1 rings (SSSR count). The number of nitriles is 1. The summed E-state index contributed by atoms with van der Waals surface area (Å²) in [5.41, 5.74) is 1.22. The summed E-state index contributed by atoms with van der Waals surface area (Å²) in [4.78, 5) is 10.7. The Balaban J connectivity index is 2.91. The summed E-state index contributed by atoms with van der Waals surface area (Å²) in [5.74, 6) is -1.05. The molecule has 0 aromatic heterocycles. The van der Waals surface area contributed by atoms with E-state index in [0.29, 0.717) is 0 Å². The van der Waals surface area contributed by atoms with E-state index in [1.165, 1.54) is 18.2 Å². The van der Waals surface area contributed by atoms with Crippen molar-refractivity contribution in [3.8, 4) is 6.07 Å². The van der Waals surface area contributed by atoms with Crippen molar-refractivity contribution in [2.75, 3.05) is 0 Å². The number of Topliss-reactive ketones (excluding diaryl/α,β-unsaturated/α-hetero) is 1. The molecule has 0 fully saturated rings. The lowest BCUT2D eigenvalue weighted by molar-refractivity contribution is -0.118. The molecule has 0 heterocycles. The van der Waals surface area contributed by atoms with Crippen molar-refractivity contribution < 1.29 is 9.18 Å². The molecule has 2 nitrogen and oxygen atoms in total. The van der Waals surface area contributed by atoms with E-state index in [1.54, 1.807) is 12.1 Å². The van der Waals surface area contributed by atoms with Crippen molar-refractivity contribution in [3.05, 3.63) is 35.4 Å². The van der Waals surface area contributed by atoms with Crippen molar-refractivity contribution >= 4 is 5.78 Å². The molecule has 0 radical (unpaired) electrons. The Bertz CT molecular complexity index is 350. The predicted molar refractivity (Wildman–Crippen MR) is 45.6 cm³/mol. The average Bonchev–Trinajstić information content (AvgIpc) is 2.17. The number of aryl methyl sites for hydroxylation is 1. The standard InChI is InChI=1S/C10H8FNO/c1-7-2-4-8(5-3-7)10(11)9(13)6-12/h2-5,10H,1H3. The number of carbonyl (C=O) groups excluding carboxylic acids is 1. The summed E-state index contributed by atoms with van der Waals surface area (Å²) in [7, 11) is 0. The van der Waals surface area contributed by atoms with Crippen LogP contribution >= 0.6 is 0 Å². The van der Waals surface area contributed by atoms with Crippen LogP contribution in [-0.4, -0.2) is 5.78 Å². The number of hydrogen-bond acceptors (Lipinski definition) is 2. The van der Waals surface area contributed by atoms with E-state index in [4.69, 9.17) is 5.26 Å². The second-order valence-electron chi connectivity index (χ2n) is 2.75. The monoisotopic (exact) mass is 177 g/mol. The van der Waals surface area contributed by atoms with Gasteiger partial charge in [0.15, 0.2) is 6.17 Å². The molecule has 0 bridgehead atoms. The van der Waals surface area contributed by atoms with E-state index in [0.717, 1.165) is 5.56 Å². The van der Waals surface area contributed by atoms with Gasteiger partial charge in [0, 0.05) is 0 Å². The van der Waals surface area contributed by atoms with Crippen molar-refractivity contribution in [2.45, 2.75) is 13.1 Å². The summed E-state index contributed by atoms with van der Waals surface area (Å²) in [6, 6.07) is 7.68. The smallest absolute Gasteiger partial charge is 0.270 e. The van der Waals surface area contributed by atoms with Gasteiger partial charge in [-0.3, -0.25) is 4.79 Å². The van der Waals surface area contributed by atoms with Crippen LogP contribution < -0.4 is 0 Å². The number of hydrogen-bond donors (Lipinski definition) is 0. The van der Waals surface area contributed by atoms with E-state index < -0.39 is 12.0 Å². The Kier molecular flexibility index (Phi) is 2.76. The Morgan fingerprint density at radius 3 is 2.46 bits per heavy atom. The Hall–Kier alpha value is -1.69. The van der Waals surface area contributed by atoms with E-state index in [9.17, 15) is 9.18 Å². The molecule has 0 spiro atoms. The van der Waals surface area contributed by atoms with Gasteiger partial charge in [0.05, 0.1) is 0 Å². The van der Waals surface area contributed by atoms with Gasteiger partial charge in [0.25, 0.3) is 5.78 Å². The summed E-state index contributed by atoms with van der Waals surface area (Å²) in [5, 5.41) is 8.18. The fourth-order valence-electron chi connectivity index (χ4n) is 0.943. The predicted octanol–water partition coefficient (Wildman–Crippen LogP) is 2.10. The van der Waals surface area contributed by atoms with Gasteiger partial charge in [-0.2, -0.15) is 5.26 Å². The minimum Gasteiger partial charge on any atom is -0.279 e. The van der Waals surface area contributed by atoms with Crippen LogP contribution in [0.3, 0.4) is 0 Å². The SMILES string of the molecule is Cc1ccc(C(F)C(=O)C#N)cc1. The van der Waals surface area contributed by atoms with E-state index >= 15 is 0 Å². The molecular weight excluding hydrogens is 169 g/mol. The summed E-state index contributed by atoms with van der Waals surface area (Å²) in [6.07, 6.45) is -1.81. The molecule has 0 aliphatic rings.